The summed E-state index contributed by atoms with van der Waals surface area (Å²) < 4.78 is 19.4. The Balaban J connectivity index is 1.93. The van der Waals surface area contributed by atoms with Gasteiger partial charge in [-0.2, -0.15) is 0 Å². The Labute approximate surface area is 120 Å². The summed E-state index contributed by atoms with van der Waals surface area (Å²) in [6.45, 7) is 2.29. The van der Waals surface area contributed by atoms with Crippen LogP contribution in [0, 0.1) is 12.7 Å². The molecule has 0 radical (unpaired) electrons. The maximum atomic E-state index is 14.2. The Morgan fingerprint density at radius 3 is 2.76 bits per heavy atom. The third-order valence-electron chi connectivity index (χ3n) is 3.57. The number of nitrogens with one attached hydrogen (secondary N) is 1. The fourth-order valence-corrected chi connectivity index (χ4v) is 2.36. The average Bonchev–Trinajstić information content (AvgIpc) is 2.95. The van der Waals surface area contributed by atoms with Crippen LogP contribution in [0.1, 0.15) is 21.7 Å². The molecule has 5 nitrogen and oxygen atoms in total. The Bertz CT molecular complexity index is 751. The summed E-state index contributed by atoms with van der Waals surface area (Å²) in [7, 11) is 1.73. The Hall–Kier alpha value is -2.63. The predicted molar refractivity (Wildman–Crippen MR) is 74.9 cm³/mol. The van der Waals surface area contributed by atoms with E-state index in [1.807, 2.05) is 13.0 Å². The van der Waals surface area contributed by atoms with E-state index < -0.39 is 17.5 Å². The van der Waals surface area contributed by atoms with Crippen LogP contribution < -0.4 is 10.2 Å². The summed E-state index contributed by atoms with van der Waals surface area (Å²) >= 11 is 0. The van der Waals surface area contributed by atoms with E-state index in [0.29, 0.717) is 17.9 Å². The molecule has 0 aliphatic carbocycles. The van der Waals surface area contributed by atoms with Gasteiger partial charge >= 0.3 is 0 Å². The number of benzene rings is 1. The van der Waals surface area contributed by atoms with Crippen molar-refractivity contribution in [3.05, 3.63) is 47.2 Å². The second kappa shape index (κ2) is 4.73. The lowest BCUT2D eigenvalue weighted by Gasteiger charge is -2.20. The first-order valence-corrected chi connectivity index (χ1v) is 6.40. The quantitative estimate of drug-likeness (QED) is 0.881. The first-order chi connectivity index (χ1) is 9.97. The lowest BCUT2D eigenvalue weighted by Crippen LogP contribution is -2.18. The molecule has 2 heterocycles. The van der Waals surface area contributed by atoms with Crippen LogP contribution in [0.4, 0.5) is 15.8 Å². The van der Waals surface area contributed by atoms with Crippen molar-refractivity contribution in [2.45, 2.75) is 13.5 Å². The van der Waals surface area contributed by atoms with Crippen molar-refractivity contribution in [3.8, 4) is 0 Å². The normalized spacial score (nSPS) is 13.3. The molecule has 21 heavy (non-hydrogen) atoms. The molecule has 2 aromatic rings. The van der Waals surface area contributed by atoms with Gasteiger partial charge in [-0.25, -0.2) is 4.39 Å². The number of aryl methyl sites for hydroxylation is 1. The van der Waals surface area contributed by atoms with Gasteiger partial charge in [0.25, 0.3) is 11.7 Å². The SMILES string of the molecule is Cc1occc1CN(C)c1cc2c(cc1F)C(=O)C(=O)N2. The number of carbonyl (C=O) groups excluding carboxylic acids is 2. The molecular weight excluding hydrogens is 275 g/mol. The van der Waals surface area contributed by atoms with Gasteiger partial charge in [0.15, 0.2) is 0 Å². The van der Waals surface area contributed by atoms with Gasteiger partial charge in [-0.3, -0.25) is 9.59 Å². The molecule has 1 aliphatic rings. The van der Waals surface area contributed by atoms with E-state index in [-0.39, 0.29) is 5.56 Å². The lowest BCUT2D eigenvalue weighted by atomic mass is 10.1. The van der Waals surface area contributed by atoms with Crippen LogP contribution in [0.5, 0.6) is 0 Å². The minimum atomic E-state index is -0.727. The molecule has 1 amide bonds. The number of nitrogens with zero attached hydrogens (tertiary/aromatic N) is 1. The topological polar surface area (TPSA) is 62.6 Å². The Morgan fingerprint density at radius 2 is 2.10 bits per heavy atom. The number of halogens is 1. The van der Waals surface area contributed by atoms with Crippen molar-refractivity contribution >= 4 is 23.1 Å². The zero-order valence-corrected chi connectivity index (χ0v) is 11.6. The van der Waals surface area contributed by atoms with Crippen molar-refractivity contribution in [1.29, 1.82) is 0 Å². The van der Waals surface area contributed by atoms with Crippen molar-refractivity contribution in [1.82, 2.24) is 0 Å². The molecule has 0 fully saturated rings. The van der Waals surface area contributed by atoms with Crippen LogP contribution in [0.2, 0.25) is 0 Å². The van der Waals surface area contributed by atoms with E-state index >= 15 is 0 Å². The van der Waals surface area contributed by atoms with Crippen LogP contribution in [0.3, 0.4) is 0 Å². The summed E-state index contributed by atoms with van der Waals surface area (Å²) in [4.78, 5) is 24.5. The minimum Gasteiger partial charge on any atom is -0.469 e. The summed E-state index contributed by atoms with van der Waals surface area (Å²) in [6.07, 6.45) is 1.58. The Kier molecular flexibility index (Phi) is 3.01. The number of anilines is 2. The fourth-order valence-electron chi connectivity index (χ4n) is 2.36. The van der Waals surface area contributed by atoms with E-state index in [2.05, 4.69) is 5.32 Å². The van der Waals surface area contributed by atoms with Crippen LogP contribution in [-0.2, 0) is 11.3 Å². The molecule has 0 unspecified atom stereocenters. The average molecular weight is 288 g/mol. The largest absolute Gasteiger partial charge is 0.469 e. The van der Waals surface area contributed by atoms with E-state index in [0.717, 1.165) is 17.4 Å². The highest BCUT2D eigenvalue weighted by atomic mass is 19.1. The highest BCUT2D eigenvalue weighted by Gasteiger charge is 2.30. The first-order valence-electron chi connectivity index (χ1n) is 6.40. The van der Waals surface area contributed by atoms with Crippen molar-refractivity contribution < 1.29 is 18.4 Å². The third kappa shape index (κ3) is 2.18. The monoisotopic (exact) mass is 288 g/mol. The number of ketones is 1. The standard InChI is InChI=1S/C15H13FN2O3/c1-8-9(3-4-21-8)7-18(2)13-6-12-10(5-11(13)16)14(19)15(20)17-12/h3-6H,7H2,1-2H3,(H,17,19,20). The maximum Gasteiger partial charge on any atom is 0.296 e. The number of rotatable bonds is 3. The van der Waals surface area contributed by atoms with E-state index in [1.54, 1.807) is 18.2 Å². The maximum absolute atomic E-state index is 14.2. The zero-order chi connectivity index (χ0) is 15.1. The number of amides is 1. The zero-order valence-electron chi connectivity index (χ0n) is 11.6. The van der Waals surface area contributed by atoms with Gasteiger partial charge in [0, 0.05) is 19.2 Å². The molecule has 6 heteroatoms. The molecule has 1 aromatic carbocycles. The summed E-state index contributed by atoms with van der Waals surface area (Å²) in [5.41, 5.74) is 1.67. The number of hydrogen-bond donors (Lipinski definition) is 1. The van der Waals surface area contributed by atoms with Gasteiger partial charge in [0.2, 0.25) is 0 Å². The molecule has 0 atom stereocenters. The molecule has 0 spiro atoms. The highest BCUT2D eigenvalue weighted by Crippen LogP contribution is 2.31. The number of furan rings is 1. The predicted octanol–water partition coefficient (Wildman–Crippen LogP) is 2.50. The fraction of sp³-hybridized carbons (Fsp3) is 0.200. The third-order valence-corrected chi connectivity index (χ3v) is 3.57. The molecule has 1 aromatic heterocycles. The number of hydrogen-bond acceptors (Lipinski definition) is 4. The van der Waals surface area contributed by atoms with Gasteiger partial charge < -0.3 is 14.6 Å². The smallest absolute Gasteiger partial charge is 0.296 e. The second-order valence-electron chi connectivity index (χ2n) is 4.99. The number of fused-ring (bicyclic) bond motifs is 1. The van der Waals surface area contributed by atoms with E-state index in [4.69, 9.17) is 4.42 Å². The molecule has 1 N–H and O–H groups in total. The van der Waals surface area contributed by atoms with Gasteiger partial charge in [-0.05, 0) is 25.1 Å². The number of Topliss-reactive ketones (excluding diaryl/α,β-unsaturated/α-hetero) is 1. The summed E-state index contributed by atoms with van der Waals surface area (Å²) in [5, 5.41) is 2.44. The Morgan fingerprint density at radius 1 is 1.33 bits per heavy atom. The van der Waals surface area contributed by atoms with Gasteiger partial charge in [-0.1, -0.05) is 0 Å². The highest BCUT2D eigenvalue weighted by molar-refractivity contribution is 6.51. The molecule has 0 saturated heterocycles. The van der Waals surface area contributed by atoms with Gasteiger partial charge in [0.1, 0.15) is 11.6 Å². The minimum absolute atomic E-state index is 0.0779. The van der Waals surface area contributed by atoms with Crippen LogP contribution in [0.25, 0.3) is 0 Å². The van der Waals surface area contributed by atoms with Crippen LogP contribution >= 0.6 is 0 Å². The van der Waals surface area contributed by atoms with E-state index in [1.165, 1.54) is 6.07 Å². The van der Waals surface area contributed by atoms with Crippen LogP contribution in [0.15, 0.2) is 28.9 Å². The molecule has 0 bridgehead atoms. The van der Waals surface area contributed by atoms with Gasteiger partial charge in [-0.15, -0.1) is 0 Å². The lowest BCUT2D eigenvalue weighted by molar-refractivity contribution is -0.112. The second-order valence-corrected chi connectivity index (χ2v) is 4.99. The van der Waals surface area contributed by atoms with Crippen molar-refractivity contribution in [2.75, 3.05) is 17.3 Å². The van der Waals surface area contributed by atoms with E-state index in [9.17, 15) is 14.0 Å². The first kappa shape index (κ1) is 13.4. The molecule has 1 aliphatic heterocycles. The summed E-state index contributed by atoms with van der Waals surface area (Å²) in [5.74, 6) is -1.20. The molecule has 3 rings (SSSR count). The summed E-state index contributed by atoms with van der Waals surface area (Å²) in [6, 6.07) is 4.40. The molecule has 0 saturated carbocycles. The van der Waals surface area contributed by atoms with Crippen molar-refractivity contribution in [3.63, 3.8) is 0 Å². The van der Waals surface area contributed by atoms with Gasteiger partial charge in [0.05, 0.1) is 23.2 Å². The van der Waals surface area contributed by atoms with Crippen LogP contribution in [-0.4, -0.2) is 18.7 Å². The molecular formula is C15H13FN2O3. The molecule has 108 valence electrons. The number of carbonyl (C=O) groups is 2. The van der Waals surface area contributed by atoms with Crippen molar-refractivity contribution in [2.24, 2.45) is 0 Å².